The van der Waals surface area contributed by atoms with Crippen LogP contribution in [0, 0.1) is 24.0 Å². The van der Waals surface area contributed by atoms with Crippen LogP contribution in [0.5, 0.6) is 0 Å². The number of rotatable bonds is 5. The first kappa shape index (κ1) is 20.7. The monoisotopic (exact) mass is 409 g/mol. The van der Waals surface area contributed by atoms with Gasteiger partial charge in [0.05, 0.1) is 10.6 Å². The van der Waals surface area contributed by atoms with E-state index >= 15 is 0 Å². The minimum absolute atomic E-state index is 0.0495. The molecule has 0 aliphatic rings. The Bertz CT molecular complexity index is 1140. The molecule has 3 aromatic rings. The van der Waals surface area contributed by atoms with Crippen molar-refractivity contribution >= 4 is 22.9 Å². The van der Waals surface area contributed by atoms with Gasteiger partial charge in [0.25, 0.3) is 11.6 Å². The minimum Gasteiger partial charge on any atom is -0.316 e. The minimum atomic E-state index is -0.487. The highest BCUT2D eigenvalue weighted by molar-refractivity contribution is 7.09. The molecule has 1 heterocycles. The lowest BCUT2D eigenvalue weighted by molar-refractivity contribution is -0.384. The number of aryl methyl sites for hydroxylation is 3. The number of benzene rings is 2. The van der Waals surface area contributed by atoms with Crippen molar-refractivity contribution in [2.75, 3.05) is 0 Å². The van der Waals surface area contributed by atoms with Gasteiger partial charge >= 0.3 is 0 Å². The number of thiazole rings is 1. The van der Waals surface area contributed by atoms with Crippen molar-refractivity contribution in [3.63, 3.8) is 0 Å². The number of nitro benzene ring substituents is 1. The molecule has 0 aliphatic heterocycles. The van der Waals surface area contributed by atoms with E-state index in [1.165, 1.54) is 51.6 Å². The third-order valence-corrected chi connectivity index (χ3v) is 6.14. The number of nitrogens with zero attached hydrogens (tertiary/aromatic N) is 3. The smallest absolute Gasteiger partial charge is 0.279 e. The molecule has 2 aromatic carbocycles. The highest BCUT2D eigenvalue weighted by Gasteiger charge is 2.16. The third-order valence-electron chi connectivity index (χ3n) is 4.92. The normalized spacial score (nSPS) is 11.7. The Hall–Kier alpha value is -3.06. The lowest BCUT2D eigenvalue weighted by atomic mass is 10.0. The summed E-state index contributed by atoms with van der Waals surface area (Å²) in [6.45, 7) is 9.00. The second-order valence-corrected chi connectivity index (χ2v) is 7.84. The van der Waals surface area contributed by atoms with Gasteiger partial charge in [-0.3, -0.25) is 14.9 Å². The van der Waals surface area contributed by atoms with Gasteiger partial charge in [0.15, 0.2) is 4.80 Å². The quantitative estimate of drug-likeness (QED) is 0.436. The number of hydrogen-bond donors (Lipinski definition) is 0. The molecule has 0 N–H and O–H groups in total. The summed E-state index contributed by atoms with van der Waals surface area (Å²) in [4.78, 5) is 29.1. The summed E-state index contributed by atoms with van der Waals surface area (Å²) < 4.78 is 2.07. The van der Waals surface area contributed by atoms with Crippen LogP contribution in [0.2, 0.25) is 0 Å². The molecule has 0 aliphatic carbocycles. The Morgan fingerprint density at radius 1 is 1.10 bits per heavy atom. The maximum atomic E-state index is 12.7. The number of carbonyl (C=O) groups excluding carboxylic acids is 1. The summed E-state index contributed by atoms with van der Waals surface area (Å²) in [5.41, 5.74) is 4.96. The molecule has 150 valence electrons. The second-order valence-electron chi connectivity index (χ2n) is 6.77. The molecule has 1 amide bonds. The molecule has 29 heavy (non-hydrogen) atoms. The Balaban J connectivity index is 2.09. The topological polar surface area (TPSA) is 77.5 Å². The summed E-state index contributed by atoms with van der Waals surface area (Å²) in [5, 5.41) is 10.8. The Morgan fingerprint density at radius 2 is 1.79 bits per heavy atom. The molecular weight excluding hydrogens is 386 g/mol. The Kier molecular flexibility index (Phi) is 6.08. The van der Waals surface area contributed by atoms with Crippen molar-refractivity contribution in [3.8, 4) is 11.3 Å². The average Bonchev–Trinajstić information content (AvgIpc) is 3.07. The highest BCUT2D eigenvalue weighted by atomic mass is 32.1. The maximum Gasteiger partial charge on any atom is 0.279 e. The van der Waals surface area contributed by atoms with Crippen LogP contribution >= 0.6 is 11.3 Å². The molecule has 6 nitrogen and oxygen atoms in total. The molecule has 0 bridgehead atoms. The number of non-ortho nitro benzene ring substituents is 1. The largest absolute Gasteiger partial charge is 0.316 e. The van der Waals surface area contributed by atoms with Crippen molar-refractivity contribution in [3.05, 3.63) is 78.9 Å². The van der Waals surface area contributed by atoms with Crippen LogP contribution < -0.4 is 4.80 Å². The fraction of sp³-hybridized carbons (Fsp3) is 0.273. The zero-order valence-electron chi connectivity index (χ0n) is 16.9. The van der Waals surface area contributed by atoms with Crippen molar-refractivity contribution < 1.29 is 9.72 Å². The van der Waals surface area contributed by atoms with Crippen molar-refractivity contribution in [1.29, 1.82) is 0 Å². The van der Waals surface area contributed by atoms with E-state index < -0.39 is 10.8 Å². The first-order valence-electron chi connectivity index (χ1n) is 9.49. The van der Waals surface area contributed by atoms with E-state index in [0.717, 1.165) is 17.7 Å². The molecular formula is C22H23N3O3S. The van der Waals surface area contributed by atoms with Crippen LogP contribution in [0.25, 0.3) is 11.3 Å². The van der Waals surface area contributed by atoms with E-state index in [-0.39, 0.29) is 5.69 Å². The van der Waals surface area contributed by atoms with E-state index in [2.05, 4.69) is 48.5 Å². The van der Waals surface area contributed by atoms with Gasteiger partial charge in [0.2, 0.25) is 0 Å². The van der Waals surface area contributed by atoms with Crippen LogP contribution in [-0.2, 0) is 13.0 Å². The van der Waals surface area contributed by atoms with Gasteiger partial charge in [-0.1, -0.05) is 19.1 Å². The molecule has 1 aromatic heterocycles. The SMILES string of the molecule is CCc1sc(=NC(=O)c2ccc([N+](=O)[O-])cc2)n(CC)c1-c1ccc(C)c(C)c1. The first-order chi connectivity index (χ1) is 13.8. The number of aromatic nitrogens is 1. The molecule has 0 unspecified atom stereocenters. The van der Waals surface area contributed by atoms with Crippen LogP contribution in [0.4, 0.5) is 5.69 Å². The van der Waals surface area contributed by atoms with Gasteiger partial charge in [-0.2, -0.15) is 4.99 Å². The van der Waals surface area contributed by atoms with Gasteiger partial charge in [-0.25, -0.2) is 0 Å². The lowest BCUT2D eigenvalue weighted by Gasteiger charge is -2.10. The van der Waals surface area contributed by atoms with E-state index in [1.807, 2.05) is 6.92 Å². The third kappa shape index (κ3) is 4.19. The van der Waals surface area contributed by atoms with Gasteiger partial charge in [-0.15, -0.1) is 11.3 Å². The van der Waals surface area contributed by atoms with Gasteiger partial charge in [0, 0.05) is 29.1 Å². The van der Waals surface area contributed by atoms with Gasteiger partial charge in [-0.05, 0) is 62.1 Å². The molecule has 3 rings (SSSR count). The highest BCUT2D eigenvalue weighted by Crippen LogP contribution is 2.28. The molecule has 0 atom stereocenters. The molecule has 0 spiro atoms. The van der Waals surface area contributed by atoms with Crippen LogP contribution in [0.15, 0.2) is 47.5 Å². The summed E-state index contributed by atoms with van der Waals surface area (Å²) >= 11 is 1.51. The van der Waals surface area contributed by atoms with Gasteiger partial charge in [0.1, 0.15) is 0 Å². The van der Waals surface area contributed by atoms with Gasteiger partial charge < -0.3 is 4.57 Å². The van der Waals surface area contributed by atoms with E-state index in [9.17, 15) is 14.9 Å². The maximum absolute atomic E-state index is 12.7. The number of hydrogen-bond acceptors (Lipinski definition) is 4. The fourth-order valence-electron chi connectivity index (χ4n) is 3.16. The number of amides is 1. The summed E-state index contributed by atoms with van der Waals surface area (Å²) in [6.07, 6.45) is 0.841. The standard InChI is InChI=1S/C22H23N3O3S/c1-5-19-20(17-8-7-14(3)15(4)13-17)24(6-2)22(29-19)23-21(26)16-9-11-18(12-10-16)25(27)28/h7-13H,5-6H2,1-4H3. The summed E-state index contributed by atoms with van der Waals surface area (Å²) in [5.74, 6) is -0.405. The molecule has 0 radical (unpaired) electrons. The number of carbonyl (C=O) groups is 1. The van der Waals surface area contributed by atoms with Crippen molar-refractivity contribution in [2.45, 2.75) is 40.7 Å². The Morgan fingerprint density at radius 3 is 2.34 bits per heavy atom. The summed E-state index contributed by atoms with van der Waals surface area (Å²) in [7, 11) is 0. The lowest BCUT2D eigenvalue weighted by Crippen LogP contribution is -2.17. The number of nitro groups is 1. The Labute approximate surface area is 173 Å². The molecule has 0 saturated heterocycles. The first-order valence-corrected chi connectivity index (χ1v) is 10.3. The zero-order valence-corrected chi connectivity index (χ0v) is 17.7. The van der Waals surface area contributed by atoms with Crippen LogP contribution in [-0.4, -0.2) is 15.4 Å². The van der Waals surface area contributed by atoms with E-state index in [0.29, 0.717) is 16.9 Å². The van der Waals surface area contributed by atoms with Crippen LogP contribution in [0.3, 0.4) is 0 Å². The van der Waals surface area contributed by atoms with Crippen molar-refractivity contribution in [1.82, 2.24) is 4.57 Å². The van der Waals surface area contributed by atoms with Crippen molar-refractivity contribution in [2.24, 2.45) is 4.99 Å². The molecule has 0 saturated carbocycles. The summed E-state index contributed by atoms with van der Waals surface area (Å²) in [6, 6.07) is 11.9. The second kappa shape index (κ2) is 8.53. The molecule has 7 heteroatoms. The van der Waals surface area contributed by atoms with Crippen LogP contribution in [0.1, 0.15) is 40.2 Å². The predicted octanol–water partition coefficient (Wildman–Crippen LogP) is 5.07. The molecule has 0 fully saturated rings. The van der Waals surface area contributed by atoms with E-state index in [4.69, 9.17) is 0 Å². The predicted molar refractivity (Wildman–Crippen MR) is 115 cm³/mol. The fourth-order valence-corrected chi connectivity index (χ4v) is 4.31. The average molecular weight is 410 g/mol. The van der Waals surface area contributed by atoms with E-state index in [1.54, 1.807) is 0 Å². The zero-order chi connectivity index (χ0) is 21.1.